The lowest BCUT2D eigenvalue weighted by Crippen LogP contribution is -2.47. The van der Waals surface area contributed by atoms with Gasteiger partial charge in [-0.3, -0.25) is 5.32 Å². The van der Waals surface area contributed by atoms with E-state index in [4.69, 9.17) is 10.2 Å². The SMILES string of the molecule is O=C(O)c1ccsc1NC(=O)N(CCCO)C1CCC1. The molecular weight excluding hydrogens is 280 g/mol. The van der Waals surface area contributed by atoms with Crippen LogP contribution in [0.4, 0.5) is 9.80 Å². The minimum atomic E-state index is -1.05. The molecule has 0 bridgehead atoms. The summed E-state index contributed by atoms with van der Waals surface area (Å²) in [6, 6.07) is 1.40. The number of nitrogens with zero attached hydrogens (tertiary/aromatic N) is 1. The van der Waals surface area contributed by atoms with E-state index in [0.717, 1.165) is 19.3 Å². The number of nitrogens with one attached hydrogen (secondary N) is 1. The summed E-state index contributed by atoms with van der Waals surface area (Å²) in [6.45, 7) is 0.524. The minimum Gasteiger partial charge on any atom is -0.478 e. The molecule has 1 aliphatic rings. The number of amides is 2. The van der Waals surface area contributed by atoms with E-state index in [2.05, 4.69) is 5.32 Å². The Balaban J connectivity index is 2.03. The van der Waals surface area contributed by atoms with Crippen LogP contribution in [0.2, 0.25) is 0 Å². The van der Waals surface area contributed by atoms with Crippen molar-refractivity contribution in [2.75, 3.05) is 18.5 Å². The number of urea groups is 1. The summed E-state index contributed by atoms with van der Waals surface area (Å²) in [5, 5.41) is 22.6. The number of carbonyl (C=O) groups is 2. The largest absolute Gasteiger partial charge is 0.478 e. The molecule has 1 fully saturated rings. The van der Waals surface area contributed by atoms with Gasteiger partial charge in [0.05, 0.1) is 5.56 Å². The van der Waals surface area contributed by atoms with E-state index in [-0.39, 0.29) is 24.2 Å². The van der Waals surface area contributed by atoms with Gasteiger partial charge in [0.15, 0.2) is 0 Å². The molecule has 0 saturated heterocycles. The Labute approximate surface area is 121 Å². The molecule has 20 heavy (non-hydrogen) atoms. The molecule has 0 aromatic carbocycles. The normalized spacial score (nSPS) is 14.7. The van der Waals surface area contributed by atoms with Gasteiger partial charge in [0.2, 0.25) is 0 Å². The lowest BCUT2D eigenvalue weighted by atomic mass is 9.91. The molecule has 1 aromatic rings. The molecule has 0 spiro atoms. The smallest absolute Gasteiger partial charge is 0.338 e. The van der Waals surface area contributed by atoms with Crippen LogP contribution in [0, 0.1) is 0 Å². The van der Waals surface area contributed by atoms with E-state index >= 15 is 0 Å². The van der Waals surface area contributed by atoms with Gasteiger partial charge in [-0.25, -0.2) is 9.59 Å². The first-order chi connectivity index (χ1) is 9.63. The number of aliphatic hydroxyl groups is 1. The van der Waals surface area contributed by atoms with E-state index in [0.29, 0.717) is 18.0 Å². The number of carboxylic acid groups (broad SMARTS) is 1. The molecular formula is C13H18N2O4S. The van der Waals surface area contributed by atoms with E-state index in [1.807, 2.05) is 0 Å². The molecule has 0 unspecified atom stereocenters. The number of hydrogen-bond acceptors (Lipinski definition) is 4. The van der Waals surface area contributed by atoms with Crippen LogP contribution in [0.5, 0.6) is 0 Å². The number of hydrogen-bond donors (Lipinski definition) is 3. The summed E-state index contributed by atoms with van der Waals surface area (Å²) >= 11 is 1.20. The lowest BCUT2D eigenvalue weighted by Gasteiger charge is -2.37. The fourth-order valence-electron chi connectivity index (χ4n) is 2.13. The predicted molar refractivity (Wildman–Crippen MR) is 76.3 cm³/mol. The van der Waals surface area contributed by atoms with Gasteiger partial charge in [0, 0.05) is 19.2 Å². The van der Waals surface area contributed by atoms with Gasteiger partial charge < -0.3 is 15.1 Å². The van der Waals surface area contributed by atoms with E-state index in [1.54, 1.807) is 10.3 Å². The molecule has 1 aliphatic carbocycles. The first-order valence-electron chi connectivity index (χ1n) is 6.62. The van der Waals surface area contributed by atoms with Crippen LogP contribution in [0.3, 0.4) is 0 Å². The molecule has 0 radical (unpaired) electrons. The van der Waals surface area contributed by atoms with E-state index < -0.39 is 5.97 Å². The third-order valence-corrected chi connectivity index (χ3v) is 4.28. The van der Waals surface area contributed by atoms with Crippen molar-refractivity contribution in [3.05, 3.63) is 17.0 Å². The topological polar surface area (TPSA) is 89.9 Å². The Morgan fingerprint density at radius 1 is 1.45 bits per heavy atom. The number of aliphatic hydroxyl groups excluding tert-OH is 1. The second-order valence-corrected chi connectivity index (χ2v) is 5.67. The number of rotatable bonds is 6. The number of anilines is 1. The summed E-state index contributed by atoms with van der Waals surface area (Å²) in [5.74, 6) is -1.05. The lowest BCUT2D eigenvalue weighted by molar-refractivity contribution is 0.0698. The average molecular weight is 298 g/mol. The van der Waals surface area contributed by atoms with Crippen LogP contribution >= 0.6 is 11.3 Å². The molecule has 1 saturated carbocycles. The van der Waals surface area contributed by atoms with Gasteiger partial charge in [-0.2, -0.15) is 0 Å². The Kier molecular flexibility index (Phi) is 4.97. The molecule has 2 amide bonds. The molecule has 7 heteroatoms. The molecule has 1 heterocycles. The van der Waals surface area contributed by atoms with Gasteiger partial charge in [-0.15, -0.1) is 11.3 Å². The molecule has 0 aliphatic heterocycles. The van der Waals surface area contributed by atoms with Crippen LogP contribution in [-0.2, 0) is 0 Å². The zero-order valence-corrected chi connectivity index (χ0v) is 11.9. The van der Waals surface area contributed by atoms with Crippen molar-refractivity contribution in [2.45, 2.75) is 31.7 Å². The van der Waals surface area contributed by atoms with Crippen molar-refractivity contribution in [2.24, 2.45) is 0 Å². The molecule has 0 atom stereocenters. The Morgan fingerprint density at radius 3 is 2.75 bits per heavy atom. The first kappa shape index (κ1) is 14.8. The monoisotopic (exact) mass is 298 g/mol. The molecule has 1 aromatic heterocycles. The standard InChI is InChI=1S/C13H18N2O4S/c16-7-2-6-15(9-3-1-4-9)13(19)14-11-10(12(17)18)5-8-20-11/h5,8-9,16H,1-4,6-7H2,(H,14,19)(H,17,18). The van der Waals surface area contributed by atoms with Gasteiger partial charge in [-0.1, -0.05) is 0 Å². The molecule has 3 N–H and O–H groups in total. The van der Waals surface area contributed by atoms with Crippen molar-refractivity contribution in [1.82, 2.24) is 4.90 Å². The quantitative estimate of drug-likeness (QED) is 0.751. The highest BCUT2D eigenvalue weighted by Crippen LogP contribution is 2.28. The summed E-state index contributed by atoms with van der Waals surface area (Å²) in [5.41, 5.74) is 0.110. The van der Waals surface area contributed by atoms with Gasteiger partial charge in [0.1, 0.15) is 5.00 Å². The second-order valence-electron chi connectivity index (χ2n) is 4.75. The Hall–Kier alpha value is -1.60. The first-order valence-corrected chi connectivity index (χ1v) is 7.50. The summed E-state index contributed by atoms with van der Waals surface area (Å²) in [4.78, 5) is 25.0. The zero-order chi connectivity index (χ0) is 14.5. The number of carboxylic acids is 1. The maximum Gasteiger partial charge on any atom is 0.338 e. The van der Waals surface area contributed by atoms with Gasteiger partial charge >= 0.3 is 12.0 Å². The molecule has 110 valence electrons. The number of aromatic carboxylic acids is 1. The van der Waals surface area contributed by atoms with Gasteiger partial charge in [0.25, 0.3) is 0 Å². The fraction of sp³-hybridized carbons (Fsp3) is 0.538. The summed E-state index contributed by atoms with van der Waals surface area (Å²) in [6.07, 6.45) is 3.57. The highest BCUT2D eigenvalue weighted by Gasteiger charge is 2.29. The summed E-state index contributed by atoms with van der Waals surface area (Å²) in [7, 11) is 0. The summed E-state index contributed by atoms with van der Waals surface area (Å²) < 4.78 is 0. The highest BCUT2D eigenvalue weighted by molar-refractivity contribution is 7.14. The highest BCUT2D eigenvalue weighted by atomic mass is 32.1. The second kappa shape index (κ2) is 6.71. The van der Waals surface area contributed by atoms with Crippen molar-refractivity contribution < 1.29 is 19.8 Å². The zero-order valence-electron chi connectivity index (χ0n) is 11.0. The van der Waals surface area contributed by atoms with Crippen LogP contribution in [0.1, 0.15) is 36.0 Å². The Morgan fingerprint density at radius 2 is 2.20 bits per heavy atom. The fourth-order valence-corrected chi connectivity index (χ4v) is 2.90. The minimum absolute atomic E-state index is 0.0376. The van der Waals surface area contributed by atoms with Crippen LogP contribution in [0.25, 0.3) is 0 Å². The molecule has 6 nitrogen and oxygen atoms in total. The maximum atomic E-state index is 12.3. The van der Waals surface area contributed by atoms with E-state index in [1.165, 1.54) is 17.4 Å². The van der Waals surface area contributed by atoms with Crippen molar-refractivity contribution in [3.8, 4) is 0 Å². The third kappa shape index (κ3) is 3.29. The van der Waals surface area contributed by atoms with Crippen molar-refractivity contribution in [3.63, 3.8) is 0 Å². The predicted octanol–water partition coefficient (Wildman–Crippen LogP) is 2.22. The third-order valence-electron chi connectivity index (χ3n) is 3.45. The van der Waals surface area contributed by atoms with Crippen LogP contribution in [-0.4, -0.2) is 46.3 Å². The number of carbonyl (C=O) groups excluding carboxylic acids is 1. The average Bonchev–Trinajstić information content (AvgIpc) is 2.80. The van der Waals surface area contributed by atoms with E-state index in [9.17, 15) is 9.59 Å². The Bertz CT molecular complexity index is 484. The van der Waals surface area contributed by atoms with Gasteiger partial charge in [-0.05, 0) is 37.1 Å². The van der Waals surface area contributed by atoms with Crippen molar-refractivity contribution >= 4 is 28.3 Å². The van der Waals surface area contributed by atoms with Crippen molar-refractivity contribution in [1.29, 1.82) is 0 Å². The molecule has 2 rings (SSSR count). The maximum absolute atomic E-state index is 12.3. The van der Waals surface area contributed by atoms with Crippen LogP contribution in [0.15, 0.2) is 11.4 Å². The number of thiophene rings is 1. The van der Waals surface area contributed by atoms with Crippen LogP contribution < -0.4 is 5.32 Å².